The normalized spacial score (nSPS) is 21.4. The molecule has 2 fully saturated rings. The highest BCUT2D eigenvalue weighted by atomic mass is 16.6. The summed E-state index contributed by atoms with van der Waals surface area (Å²) < 4.78 is 5.55. The quantitative estimate of drug-likeness (QED) is 0.218. The molecule has 36 heavy (non-hydrogen) atoms. The summed E-state index contributed by atoms with van der Waals surface area (Å²) in [6.45, 7) is 15.4. The molecule has 0 aliphatic carbocycles. The molecule has 2 rings (SSSR count). The van der Waals surface area contributed by atoms with Crippen LogP contribution in [0.4, 0.5) is 4.79 Å². The second-order valence-corrected chi connectivity index (χ2v) is 10.9. The molecule has 3 N–H and O–H groups in total. The van der Waals surface area contributed by atoms with Crippen molar-refractivity contribution >= 4 is 18.4 Å². The van der Waals surface area contributed by atoms with E-state index in [1.54, 1.807) is 18.9 Å². The van der Waals surface area contributed by atoms with Crippen LogP contribution in [0.25, 0.3) is 0 Å². The van der Waals surface area contributed by atoms with Gasteiger partial charge in [0.2, 0.25) is 6.41 Å². The molecule has 0 bridgehead atoms. The first-order chi connectivity index (χ1) is 16.8. The van der Waals surface area contributed by atoms with Crippen LogP contribution in [0.1, 0.15) is 60.8 Å². The fraction of sp³-hybridized carbons (Fsp3) is 0.800. The van der Waals surface area contributed by atoms with Crippen LogP contribution < -0.4 is 11.3 Å². The Balaban J connectivity index is 2.12. The van der Waals surface area contributed by atoms with Gasteiger partial charge in [-0.05, 0) is 53.9 Å². The zero-order valence-corrected chi connectivity index (χ0v) is 23.4. The van der Waals surface area contributed by atoms with Gasteiger partial charge in [0, 0.05) is 58.9 Å². The van der Waals surface area contributed by atoms with E-state index in [4.69, 9.17) is 10.6 Å². The van der Waals surface area contributed by atoms with E-state index in [9.17, 15) is 14.4 Å². The molecule has 0 aromatic heterocycles. The average molecular weight is 510 g/mol. The van der Waals surface area contributed by atoms with E-state index < -0.39 is 11.6 Å². The van der Waals surface area contributed by atoms with Crippen molar-refractivity contribution in [3.63, 3.8) is 0 Å². The number of allylic oxidation sites excluding steroid dienone is 1. The van der Waals surface area contributed by atoms with E-state index in [1.807, 2.05) is 44.5 Å². The Labute approximate surface area is 216 Å². The van der Waals surface area contributed by atoms with E-state index >= 15 is 0 Å². The third-order valence-electron chi connectivity index (χ3n) is 7.33. The van der Waals surface area contributed by atoms with Crippen LogP contribution >= 0.6 is 0 Å². The van der Waals surface area contributed by atoms with Crippen LogP contribution in [-0.4, -0.2) is 113 Å². The SMILES string of the molecule is CCC1CN(/C(=C(\C)N(C)C(C)C(=O)NN)N(C)C=O)CCN1C1CCN(C(=O)OC(C)(C)C)CC1. The summed E-state index contributed by atoms with van der Waals surface area (Å²) in [5.41, 5.74) is 2.54. The monoisotopic (exact) mass is 509 g/mol. The van der Waals surface area contributed by atoms with Gasteiger partial charge in [0.25, 0.3) is 5.91 Å². The van der Waals surface area contributed by atoms with Crippen molar-refractivity contribution in [1.82, 2.24) is 29.9 Å². The van der Waals surface area contributed by atoms with Gasteiger partial charge in [-0.2, -0.15) is 0 Å². The number of piperazine rings is 1. The van der Waals surface area contributed by atoms with Crippen molar-refractivity contribution in [1.29, 1.82) is 0 Å². The molecule has 2 unspecified atom stereocenters. The third kappa shape index (κ3) is 7.25. The zero-order chi connectivity index (χ0) is 27.2. The molecule has 2 aliphatic rings. The number of hydrogen-bond acceptors (Lipinski definition) is 8. The number of amides is 3. The third-order valence-corrected chi connectivity index (χ3v) is 7.33. The number of carbonyl (C=O) groups excluding carboxylic acids is 3. The minimum absolute atomic E-state index is 0.235. The second kappa shape index (κ2) is 12.6. The van der Waals surface area contributed by atoms with Crippen molar-refractivity contribution in [2.24, 2.45) is 5.84 Å². The number of ether oxygens (including phenoxy) is 1. The lowest BCUT2D eigenvalue weighted by molar-refractivity contribution is -0.125. The van der Waals surface area contributed by atoms with Crippen molar-refractivity contribution in [3.05, 3.63) is 11.5 Å². The van der Waals surface area contributed by atoms with Gasteiger partial charge in [0.1, 0.15) is 17.5 Å². The molecule has 0 aromatic carbocycles. The average Bonchev–Trinajstić information content (AvgIpc) is 2.86. The summed E-state index contributed by atoms with van der Waals surface area (Å²) in [5, 5.41) is 0. The summed E-state index contributed by atoms with van der Waals surface area (Å²) in [5.74, 6) is 5.84. The summed E-state index contributed by atoms with van der Waals surface area (Å²) in [6.07, 6.45) is 3.38. The standard InChI is InChI=1S/C25H47N7O4/c1-9-20-16-31(23(28(7)17-33)19(3)29(8)18(2)22(34)27-26)14-15-32(20)21-10-12-30(13-11-21)24(35)36-25(4,5)6/h17-18,20-21H,9-16,26H2,1-8H3,(H,27,34)/b23-19+. The van der Waals surface area contributed by atoms with Crippen LogP contribution in [0.5, 0.6) is 0 Å². The Morgan fingerprint density at radius 3 is 2.25 bits per heavy atom. The first kappa shape index (κ1) is 29.7. The minimum atomic E-state index is -0.490. The molecule has 0 saturated carbocycles. The van der Waals surface area contributed by atoms with Crippen LogP contribution in [0.2, 0.25) is 0 Å². The highest BCUT2D eigenvalue weighted by Crippen LogP contribution is 2.27. The van der Waals surface area contributed by atoms with E-state index in [2.05, 4.69) is 22.1 Å². The van der Waals surface area contributed by atoms with Gasteiger partial charge in [-0.15, -0.1) is 0 Å². The van der Waals surface area contributed by atoms with Crippen molar-refractivity contribution < 1.29 is 19.1 Å². The maximum Gasteiger partial charge on any atom is 0.410 e. The Kier molecular flexibility index (Phi) is 10.4. The minimum Gasteiger partial charge on any atom is -0.444 e. The molecule has 11 heteroatoms. The molecule has 2 heterocycles. The van der Waals surface area contributed by atoms with Gasteiger partial charge < -0.3 is 24.3 Å². The molecule has 0 aromatic rings. The molecule has 2 aliphatic heterocycles. The largest absolute Gasteiger partial charge is 0.444 e. The number of hydrazine groups is 1. The molecule has 206 valence electrons. The Morgan fingerprint density at radius 1 is 1.14 bits per heavy atom. The van der Waals surface area contributed by atoms with Gasteiger partial charge in [-0.25, -0.2) is 10.6 Å². The summed E-state index contributed by atoms with van der Waals surface area (Å²) in [4.78, 5) is 46.4. The summed E-state index contributed by atoms with van der Waals surface area (Å²) in [7, 11) is 3.58. The number of nitrogens with zero attached hydrogens (tertiary/aromatic N) is 5. The maximum atomic E-state index is 12.5. The molecule has 11 nitrogen and oxygen atoms in total. The smallest absolute Gasteiger partial charge is 0.410 e. The molecule has 3 amide bonds. The summed E-state index contributed by atoms with van der Waals surface area (Å²) in [6, 6.07) is 0.238. The number of carbonyl (C=O) groups is 3. The molecule has 0 radical (unpaired) electrons. The number of rotatable bonds is 8. The van der Waals surface area contributed by atoms with Crippen LogP contribution in [0, 0.1) is 0 Å². The Morgan fingerprint density at radius 2 is 1.75 bits per heavy atom. The van der Waals surface area contributed by atoms with Gasteiger partial charge in [-0.1, -0.05) is 6.92 Å². The second-order valence-electron chi connectivity index (χ2n) is 10.9. The maximum absolute atomic E-state index is 12.5. The highest BCUT2D eigenvalue weighted by Gasteiger charge is 2.36. The zero-order valence-electron chi connectivity index (χ0n) is 23.4. The van der Waals surface area contributed by atoms with Crippen LogP contribution in [0.3, 0.4) is 0 Å². The van der Waals surface area contributed by atoms with E-state index in [1.165, 1.54) is 0 Å². The van der Waals surface area contributed by atoms with Crippen molar-refractivity contribution in [2.45, 2.75) is 84.5 Å². The Bertz CT molecular complexity index is 805. The number of hydrogen-bond donors (Lipinski definition) is 2. The Hall–Kier alpha value is -2.53. The topological polar surface area (TPSA) is 115 Å². The van der Waals surface area contributed by atoms with Crippen LogP contribution in [0.15, 0.2) is 11.5 Å². The first-order valence-electron chi connectivity index (χ1n) is 12.9. The first-order valence-corrected chi connectivity index (χ1v) is 12.9. The predicted molar refractivity (Wildman–Crippen MR) is 139 cm³/mol. The lowest BCUT2D eigenvalue weighted by atomic mass is 9.98. The fourth-order valence-corrected chi connectivity index (χ4v) is 5.11. The van der Waals surface area contributed by atoms with Crippen molar-refractivity contribution in [3.8, 4) is 0 Å². The fourth-order valence-electron chi connectivity index (χ4n) is 5.11. The molecular formula is C25H47N7O4. The molecule has 2 atom stereocenters. The van der Waals surface area contributed by atoms with Crippen molar-refractivity contribution in [2.75, 3.05) is 46.8 Å². The highest BCUT2D eigenvalue weighted by molar-refractivity contribution is 5.80. The number of likely N-dealkylation sites (tertiary alicyclic amines) is 1. The lowest BCUT2D eigenvalue weighted by Gasteiger charge is -2.49. The van der Waals surface area contributed by atoms with Crippen LogP contribution in [-0.2, 0) is 14.3 Å². The molecule has 2 saturated heterocycles. The van der Waals surface area contributed by atoms with E-state index in [-0.39, 0.29) is 12.0 Å². The predicted octanol–water partition coefficient (Wildman–Crippen LogP) is 1.37. The van der Waals surface area contributed by atoms with Gasteiger partial charge in [0.05, 0.1) is 5.70 Å². The molecular weight excluding hydrogens is 462 g/mol. The van der Waals surface area contributed by atoms with Gasteiger partial charge in [-0.3, -0.25) is 19.9 Å². The van der Waals surface area contributed by atoms with Gasteiger partial charge >= 0.3 is 6.09 Å². The van der Waals surface area contributed by atoms with E-state index in [0.29, 0.717) is 25.2 Å². The number of piperidine rings is 1. The van der Waals surface area contributed by atoms with Gasteiger partial charge in [0.15, 0.2) is 0 Å². The molecule has 0 spiro atoms. The summed E-state index contributed by atoms with van der Waals surface area (Å²) >= 11 is 0. The number of nitrogens with one attached hydrogen (secondary N) is 1. The number of likely N-dealkylation sites (N-methyl/N-ethyl adjacent to an activating group) is 1. The van der Waals surface area contributed by atoms with E-state index in [0.717, 1.165) is 56.8 Å². The number of nitrogens with two attached hydrogens (primary N) is 1. The lowest BCUT2D eigenvalue weighted by Crippen LogP contribution is -2.59.